The second-order valence-electron chi connectivity index (χ2n) is 10.7. The summed E-state index contributed by atoms with van der Waals surface area (Å²) in [7, 11) is 0. The quantitative estimate of drug-likeness (QED) is 0.274. The largest absolute Gasteiger partial charge is 0.380 e. The van der Waals surface area contributed by atoms with Gasteiger partial charge in [-0.25, -0.2) is 9.97 Å². The number of para-hydroxylation sites is 1. The van der Waals surface area contributed by atoms with Gasteiger partial charge < -0.3 is 16.0 Å². The number of hydrogen-bond acceptors (Lipinski definition) is 7. The monoisotopic (exact) mass is 472 g/mol. The summed E-state index contributed by atoms with van der Waals surface area (Å²) in [5.74, 6) is 3.25. The van der Waals surface area contributed by atoms with Crippen LogP contribution in [0.1, 0.15) is 51.0 Å². The summed E-state index contributed by atoms with van der Waals surface area (Å²) in [6.45, 7) is 3.08. The van der Waals surface area contributed by atoms with E-state index in [1.165, 1.54) is 56.1 Å². The lowest BCUT2D eigenvalue weighted by atomic mass is 9.53. The molecule has 1 aromatic heterocycles. The number of nitrogens with one attached hydrogen (secondary N) is 3. The van der Waals surface area contributed by atoms with Crippen molar-refractivity contribution in [2.75, 3.05) is 22.5 Å². The normalized spacial score (nSPS) is 26.6. The minimum Gasteiger partial charge on any atom is -0.380 e. The summed E-state index contributed by atoms with van der Waals surface area (Å²) in [6.07, 6.45) is 9.64. The molecule has 7 rings (SSSR count). The van der Waals surface area contributed by atoms with Crippen LogP contribution < -0.4 is 16.0 Å². The number of anilines is 3. The van der Waals surface area contributed by atoms with Crippen LogP contribution in [0.15, 0.2) is 42.7 Å². The lowest BCUT2D eigenvalue weighted by Gasteiger charge is -2.57. The van der Waals surface area contributed by atoms with Gasteiger partial charge in [-0.3, -0.25) is 10.1 Å². The first-order valence-corrected chi connectivity index (χ1v) is 12.8. The van der Waals surface area contributed by atoms with Gasteiger partial charge in [0.1, 0.15) is 17.8 Å². The Bertz CT molecular complexity index is 1240. The van der Waals surface area contributed by atoms with Gasteiger partial charge in [-0.2, -0.15) is 0 Å². The van der Waals surface area contributed by atoms with Crippen molar-refractivity contribution in [2.24, 2.45) is 17.8 Å². The van der Waals surface area contributed by atoms with E-state index >= 15 is 0 Å². The van der Waals surface area contributed by atoms with Gasteiger partial charge in [-0.15, -0.1) is 0 Å². The van der Waals surface area contributed by atoms with Crippen LogP contribution in [-0.4, -0.2) is 27.0 Å². The number of nitro groups is 1. The van der Waals surface area contributed by atoms with Gasteiger partial charge >= 0.3 is 0 Å². The molecule has 0 unspecified atom stereocenters. The average Bonchev–Trinajstić information content (AvgIpc) is 2.82. The molecule has 0 saturated heterocycles. The zero-order valence-corrected chi connectivity index (χ0v) is 20.1. The maximum Gasteiger partial charge on any atom is 0.293 e. The molecule has 4 aliphatic carbocycles. The first kappa shape index (κ1) is 22.1. The number of nitro benzene ring substituents is 1. The molecule has 35 heavy (non-hydrogen) atoms. The van der Waals surface area contributed by atoms with Crippen LogP contribution in [0.3, 0.4) is 0 Å². The number of hydrogen-bond donors (Lipinski definition) is 3. The molecule has 8 heteroatoms. The number of rotatable bonds is 8. The smallest absolute Gasteiger partial charge is 0.293 e. The zero-order chi connectivity index (χ0) is 24.0. The Morgan fingerprint density at radius 3 is 2.40 bits per heavy atom. The van der Waals surface area contributed by atoms with E-state index in [1.54, 1.807) is 12.1 Å². The van der Waals surface area contributed by atoms with Gasteiger partial charge in [0.2, 0.25) is 0 Å². The maximum absolute atomic E-state index is 11.7. The van der Waals surface area contributed by atoms with E-state index in [9.17, 15) is 10.1 Å². The van der Waals surface area contributed by atoms with Crippen LogP contribution >= 0.6 is 0 Å². The van der Waals surface area contributed by atoms with E-state index in [0.29, 0.717) is 35.5 Å². The fourth-order valence-electron chi connectivity index (χ4n) is 7.24. The molecule has 4 fully saturated rings. The third kappa shape index (κ3) is 4.15. The highest BCUT2D eigenvalue weighted by molar-refractivity contribution is 5.94. The van der Waals surface area contributed by atoms with Crippen molar-refractivity contribution >= 4 is 33.8 Å². The van der Waals surface area contributed by atoms with Crippen molar-refractivity contribution in [2.45, 2.75) is 57.5 Å². The van der Waals surface area contributed by atoms with E-state index in [2.05, 4.69) is 50.2 Å². The summed E-state index contributed by atoms with van der Waals surface area (Å²) in [6, 6.07) is 11.8. The topological polar surface area (TPSA) is 105 Å². The van der Waals surface area contributed by atoms with Gasteiger partial charge in [0.25, 0.3) is 5.69 Å². The highest BCUT2D eigenvalue weighted by Crippen LogP contribution is 2.56. The first-order chi connectivity index (χ1) is 17.0. The minimum atomic E-state index is -0.362. The molecule has 3 N–H and O–H groups in total. The molecule has 4 saturated carbocycles. The molecule has 0 radical (unpaired) electrons. The van der Waals surface area contributed by atoms with Gasteiger partial charge in [0.15, 0.2) is 0 Å². The number of nitrogens with zero attached hydrogens (tertiary/aromatic N) is 3. The maximum atomic E-state index is 11.7. The summed E-state index contributed by atoms with van der Waals surface area (Å²) in [4.78, 5) is 20.1. The van der Waals surface area contributed by atoms with Crippen LogP contribution in [0.2, 0.25) is 0 Å². The SMILES string of the molecule is CCNc1cc2ncnc(NCc3ccccc3NC34CC5CC(CC(C5)C3)C4)c2cc1[N+](=O)[O-]. The highest BCUT2D eigenvalue weighted by Gasteiger charge is 2.51. The predicted molar refractivity (Wildman–Crippen MR) is 139 cm³/mol. The highest BCUT2D eigenvalue weighted by atomic mass is 16.6. The summed E-state index contributed by atoms with van der Waals surface area (Å²) >= 11 is 0. The molecule has 0 amide bonds. The Morgan fingerprint density at radius 1 is 1.00 bits per heavy atom. The van der Waals surface area contributed by atoms with Crippen molar-refractivity contribution in [3.8, 4) is 0 Å². The summed E-state index contributed by atoms with van der Waals surface area (Å²) < 4.78 is 0. The Hall–Kier alpha value is -3.42. The second-order valence-corrected chi connectivity index (χ2v) is 10.7. The molecule has 8 nitrogen and oxygen atoms in total. The molecular weight excluding hydrogens is 440 g/mol. The molecular formula is C27H32N6O2. The Morgan fingerprint density at radius 2 is 1.71 bits per heavy atom. The van der Waals surface area contributed by atoms with Crippen molar-refractivity contribution in [1.29, 1.82) is 0 Å². The summed E-state index contributed by atoms with van der Waals surface area (Å²) in [5, 5.41) is 22.8. The molecule has 4 aliphatic rings. The van der Waals surface area contributed by atoms with Gasteiger partial charge in [0.05, 0.1) is 10.4 Å². The van der Waals surface area contributed by atoms with E-state index in [0.717, 1.165) is 17.8 Å². The predicted octanol–water partition coefficient (Wildman–Crippen LogP) is 5.96. The first-order valence-electron chi connectivity index (χ1n) is 12.8. The lowest BCUT2D eigenvalue weighted by Crippen LogP contribution is -2.54. The number of benzene rings is 2. The third-order valence-electron chi connectivity index (χ3n) is 8.22. The molecule has 0 atom stereocenters. The van der Waals surface area contributed by atoms with Crippen molar-refractivity contribution in [3.63, 3.8) is 0 Å². The number of aromatic nitrogens is 2. The van der Waals surface area contributed by atoms with Crippen LogP contribution in [0.4, 0.5) is 22.9 Å². The fraction of sp³-hybridized carbons (Fsp3) is 0.481. The molecule has 3 aromatic rings. The van der Waals surface area contributed by atoms with Crippen LogP contribution in [0.25, 0.3) is 10.9 Å². The molecule has 0 aliphatic heterocycles. The summed E-state index contributed by atoms with van der Waals surface area (Å²) in [5.41, 5.74) is 3.76. The standard InChI is InChI=1S/C27H32N6O2/c1-2-28-24-11-23-21(10-25(24)33(34)35)26(31-16-30-23)29-15-20-5-3-4-6-22(20)32-27-12-17-7-18(13-27)9-19(8-17)14-27/h3-6,10-11,16-19,28,32H,2,7-9,12-15H2,1H3,(H,29,30,31). The third-order valence-corrected chi connectivity index (χ3v) is 8.22. The molecule has 0 spiro atoms. The van der Waals surface area contributed by atoms with Gasteiger partial charge in [-0.05, 0) is 80.9 Å². The van der Waals surface area contributed by atoms with E-state index in [-0.39, 0.29) is 16.1 Å². The van der Waals surface area contributed by atoms with E-state index < -0.39 is 0 Å². The molecule has 182 valence electrons. The van der Waals surface area contributed by atoms with E-state index in [1.807, 2.05) is 6.92 Å². The second kappa shape index (κ2) is 8.66. The van der Waals surface area contributed by atoms with Crippen molar-refractivity contribution in [1.82, 2.24) is 9.97 Å². The Labute approximate surface area is 205 Å². The van der Waals surface area contributed by atoms with Crippen molar-refractivity contribution < 1.29 is 4.92 Å². The van der Waals surface area contributed by atoms with Crippen LogP contribution in [0.5, 0.6) is 0 Å². The zero-order valence-electron chi connectivity index (χ0n) is 20.1. The van der Waals surface area contributed by atoms with Crippen LogP contribution in [0, 0.1) is 27.9 Å². The van der Waals surface area contributed by atoms with Crippen LogP contribution in [-0.2, 0) is 6.54 Å². The fourth-order valence-corrected chi connectivity index (χ4v) is 7.24. The Balaban J connectivity index is 1.26. The molecule has 2 aromatic carbocycles. The van der Waals surface area contributed by atoms with Crippen molar-refractivity contribution in [3.05, 3.63) is 58.4 Å². The number of fused-ring (bicyclic) bond motifs is 1. The van der Waals surface area contributed by atoms with Gasteiger partial charge in [-0.1, -0.05) is 18.2 Å². The Kier molecular flexibility index (Phi) is 5.46. The average molecular weight is 473 g/mol. The molecule has 4 bridgehead atoms. The van der Waals surface area contributed by atoms with E-state index in [4.69, 9.17) is 0 Å². The minimum absolute atomic E-state index is 0.0288. The van der Waals surface area contributed by atoms with Gasteiger partial charge in [0, 0.05) is 35.8 Å². The lowest BCUT2D eigenvalue weighted by molar-refractivity contribution is -0.383. The molecule has 1 heterocycles.